The van der Waals surface area contributed by atoms with Gasteiger partial charge in [0.1, 0.15) is 5.82 Å². The van der Waals surface area contributed by atoms with Crippen LogP contribution in [0.5, 0.6) is 0 Å². The minimum atomic E-state index is -1.59. The molecule has 2 aromatic heterocycles. The number of piperidine rings is 1. The van der Waals surface area contributed by atoms with Gasteiger partial charge in [0.05, 0.1) is 35.1 Å². The first-order chi connectivity index (χ1) is 16.8. The summed E-state index contributed by atoms with van der Waals surface area (Å²) in [7, 11) is 0. The van der Waals surface area contributed by atoms with Gasteiger partial charge in [-0.2, -0.15) is 5.26 Å². The molecule has 1 atom stereocenters. The molecule has 1 fully saturated rings. The molecule has 4 heterocycles. The Morgan fingerprint density at radius 3 is 2.77 bits per heavy atom. The maximum Gasteiger partial charge on any atom is 0.219 e. The average molecular weight is 473 g/mol. The zero-order chi connectivity index (χ0) is 24.7. The van der Waals surface area contributed by atoms with Crippen LogP contribution in [-0.2, 0) is 23.4 Å². The molecule has 1 saturated heterocycles. The van der Waals surface area contributed by atoms with Crippen molar-refractivity contribution in [3.63, 3.8) is 0 Å². The molecule has 2 aliphatic heterocycles. The number of alkyl halides is 1. The number of benzene rings is 1. The number of aromatic nitrogens is 3. The van der Waals surface area contributed by atoms with E-state index in [1.807, 2.05) is 32.0 Å². The number of likely N-dealkylation sites (tertiary alicyclic amines) is 1. The molecule has 1 amide bonds. The lowest BCUT2D eigenvalue weighted by Crippen LogP contribution is -2.42. The standard InChI is InChI=1S/C27H29FN6O/c1-17-20(15-29)6-4-7-21(17)18(2)31-26-22-14-24(27(28)9-12-33(13-10-27)19(3)35)30-16-23(22)34-11-5-8-25(34)32-26/h4,6-7,14,16,18H,5,8-13H2,1-3H3/b31-26-/t18-/m1/s1. The first-order valence-electron chi connectivity index (χ1n) is 12.2. The van der Waals surface area contributed by atoms with Crippen LogP contribution < -0.4 is 5.49 Å². The normalized spacial score (nSPS) is 18.4. The van der Waals surface area contributed by atoms with Crippen LogP contribution in [0.25, 0.3) is 10.9 Å². The summed E-state index contributed by atoms with van der Waals surface area (Å²) >= 11 is 0. The topological polar surface area (TPSA) is 87.2 Å². The molecule has 3 aromatic rings. The van der Waals surface area contributed by atoms with Crippen LogP contribution in [0.15, 0.2) is 35.5 Å². The molecule has 0 spiro atoms. The average Bonchev–Trinajstić information content (AvgIpc) is 3.33. The van der Waals surface area contributed by atoms with Crippen molar-refractivity contribution in [1.82, 2.24) is 19.4 Å². The minimum Gasteiger partial charge on any atom is -0.343 e. The van der Waals surface area contributed by atoms with Crippen molar-refractivity contribution in [3.05, 3.63) is 64.2 Å². The summed E-state index contributed by atoms with van der Waals surface area (Å²) in [6.45, 7) is 7.07. The predicted octanol–water partition coefficient (Wildman–Crippen LogP) is 4.03. The summed E-state index contributed by atoms with van der Waals surface area (Å²) in [5.41, 5.74) is 2.79. The molecule has 0 aliphatic carbocycles. The summed E-state index contributed by atoms with van der Waals surface area (Å²) in [5.74, 6) is 0.936. The smallest absolute Gasteiger partial charge is 0.219 e. The summed E-state index contributed by atoms with van der Waals surface area (Å²) < 4.78 is 18.2. The van der Waals surface area contributed by atoms with Crippen LogP contribution in [0.4, 0.5) is 4.39 Å². The van der Waals surface area contributed by atoms with Crippen molar-refractivity contribution in [1.29, 1.82) is 5.26 Å². The number of pyridine rings is 1. The molecule has 0 N–H and O–H groups in total. The number of nitriles is 1. The summed E-state index contributed by atoms with van der Waals surface area (Å²) in [6.07, 6.45) is 4.07. The zero-order valence-corrected chi connectivity index (χ0v) is 20.4. The summed E-state index contributed by atoms with van der Waals surface area (Å²) in [4.78, 5) is 27.8. The Morgan fingerprint density at radius 2 is 2.06 bits per heavy atom. The fraction of sp³-hybridized carbons (Fsp3) is 0.444. The van der Waals surface area contributed by atoms with E-state index in [4.69, 9.17) is 9.98 Å². The van der Waals surface area contributed by atoms with Crippen LogP contribution in [-0.4, -0.2) is 38.4 Å². The van der Waals surface area contributed by atoms with E-state index in [9.17, 15) is 10.1 Å². The number of rotatable bonds is 3. The predicted molar refractivity (Wildman–Crippen MR) is 130 cm³/mol. The number of amides is 1. The number of carbonyl (C=O) groups is 1. The number of hydrogen-bond donors (Lipinski definition) is 0. The molecular weight excluding hydrogens is 443 g/mol. The van der Waals surface area contributed by atoms with Gasteiger partial charge in [-0.15, -0.1) is 0 Å². The molecule has 0 saturated carbocycles. The van der Waals surface area contributed by atoms with Crippen molar-refractivity contribution in [3.8, 4) is 6.07 Å². The number of aryl methyl sites for hydroxylation is 2. The maximum atomic E-state index is 16.1. The molecule has 0 bridgehead atoms. The van der Waals surface area contributed by atoms with E-state index >= 15 is 4.39 Å². The number of carbonyl (C=O) groups excluding carboxylic acids is 1. The summed E-state index contributed by atoms with van der Waals surface area (Å²) in [5, 5.41) is 10.2. The van der Waals surface area contributed by atoms with E-state index in [1.165, 1.54) is 6.92 Å². The fourth-order valence-corrected chi connectivity index (χ4v) is 5.32. The Balaban J connectivity index is 1.62. The van der Waals surface area contributed by atoms with Gasteiger partial charge in [-0.3, -0.25) is 14.8 Å². The van der Waals surface area contributed by atoms with Crippen LogP contribution in [0.2, 0.25) is 0 Å². The summed E-state index contributed by atoms with van der Waals surface area (Å²) in [6, 6.07) is 9.49. The van der Waals surface area contributed by atoms with Crippen molar-refractivity contribution < 1.29 is 9.18 Å². The lowest BCUT2D eigenvalue weighted by molar-refractivity contribution is -0.131. The quantitative estimate of drug-likeness (QED) is 0.576. The van der Waals surface area contributed by atoms with Crippen LogP contribution in [0.1, 0.15) is 67.4 Å². The highest BCUT2D eigenvalue weighted by molar-refractivity contribution is 5.78. The highest BCUT2D eigenvalue weighted by Gasteiger charge is 2.38. The van der Waals surface area contributed by atoms with E-state index in [0.29, 0.717) is 29.8 Å². The Morgan fingerprint density at radius 1 is 1.29 bits per heavy atom. The third-order valence-corrected chi connectivity index (χ3v) is 7.47. The molecule has 5 rings (SSSR count). The lowest BCUT2D eigenvalue weighted by Gasteiger charge is -2.35. The largest absolute Gasteiger partial charge is 0.343 e. The van der Waals surface area contributed by atoms with Gasteiger partial charge in [-0.05, 0) is 43.5 Å². The van der Waals surface area contributed by atoms with E-state index in [0.717, 1.165) is 47.2 Å². The highest BCUT2D eigenvalue weighted by Crippen LogP contribution is 2.37. The van der Waals surface area contributed by atoms with Crippen LogP contribution in [0.3, 0.4) is 0 Å². The van der Waals surface area contributed by atoms with Gasteiger partial charge >= 0.3 is 0 Å². The van der Waals surface area contributed by atoms with Crippen molar-refractivity contribution >= 4 is 16.8 Å². The van der Waals surface area contributed by atoms with Gasteiger partial charge in [0.25, 0.3) is 0 Å². The minimum absolute atomic E-state index is 0.0273. The Kier molecular flexibility index (Phi) is 5.87. The third-order valence-electron chi connectivity index (χ3n) is 7.47. The number of fused-ring (bicyclic) bond motifs is 3. The fourth-order valence-electron chi connectivity index (χ4n) is 5.32. The van der Waals surface area contributed by atoms with E-state index < -0.39 is 5.67 Å². The Bertz CT molecular complexity index is 1430. The van der Waals surface area contributed by atoms with Crippen molar-refractivity contribution in [2.75, 3.05) is 13.1 Å². The highest BCUT2D eigenvalue weighted by atomic mass is 19.1. The van der Waals surface area contributed by atoms with E-state index in [-0.39, 0.29) is 24.8 Å². The number of halogens is 1. The molecule has 7 nitrogen and oxygen atoms in total. The Hall–Kier alpha value is -3.60. The molecular formula is C27H29FN6O. The monoisotopic (exact) mass is 472 g/mol. The number of hydrogen-bond acceptors (Lipinski definition) is 5. The molecule has 180 valence electrons. The van der Waals surface area contributed by atoms with Gasteiger partial charge in [-0.1, -0.05) is 12.1 Å². The molecule has 35 heavy (non-hydrogen) atoms. The maximum absolute atomic E-state index is 16.1. The first-order valence-corrected chi connectivity index (χ1v) is 12.2. The van der Waals surface area contributed by atoms with Gasteiger partial charge in [-0.25, -0.2) is 9.37 Å². The molecule has 1 aromatic carbocycles. The van der Waals surface area contributed by atoms with E-state index in [1.54, 1.807) is 17.2 Å². The van der Waals surface area contributed by atoms with Crippen molar-refractivity contribution in [2.24, 2.45) is 4.99 Å². The number of nitrogens with zero attached hydrogens (tertiary/aromatic N) is 6. The zero-order valence-electron chi connectivity index (χ0n) is 20.4. The van der Waals surface area contributed by atoms with Gasteiger partial charge < -0.3 is 9.47 Å². The second-order valence-electron chi connectivity index (χ2n) is 9.60. The van der Waals surface area contributed by atoms with Gasteiger partial charge in [0.2, 0.25) is 5.91 Å². The van der Waals surface area contributed by atoms with E-state index in [2.05, 4.69) is 15.6 Å². The Labute approximate surface area is 204 Å². The van der Waals surface area contributed by atoms with Gasteiger partial charge in [0, 0.05) is 51.2 Å². The second-order valence-corrected chi connectivity index (χ2v) is 9.60. The van der Waals surface area contributed by atoms with Crippen LogP contribution >= 0.6 is 0 Å². The molecule has 2 aliphatic rings. The molecule has 0 unspecified atom stereocenters. The molecule has 8 heteroatoms. The first kappa shape index (κ1) is 23.2. The lowest BCUT2D eigenvalue weighted by atomic mass is 9.89. The second kappa shape index (κ2) is 8.88. The van der Waals surface area contributed by atoms with Gasteiger partial charge in [0.15, 0.2) is 11.2 Å². The SMILES string of the molecule is CC(=O)N1CCC(F)(c2cc3/c(=N/[C@H](C)c4cccc(C#N)c4C)nc4n(c3cn2)CCC4)CC1. The third kappa shape index (κ3) is 4.09. The van der Waals surface area contributed by atoms with Crippen molar-refractivity contribution in [2.45, 2.75) is 64.7 Å². The van der Waals surface area contributed by atoms with Crippen LogP contribution in [0, 0.1) is 18.3 Å². The molecule has 0 radical (unpaired) electrons.